The topological polar surface area (TPSA) is 0 Å². The predicted molar refractivity (Wildman–Crippen MR) is 130 cm³/mol. The molecule has 5 aromatic carbocycles. The van der Waals surface area contributed by atoms with Gasteiger partial charge in [0.25, 0.3) is 0 Å². The van der Waals surface area contributed by atoms with E-state index in [4.69, 9.17) is 0 Å². The molecule has 0 unspecified atom stereocenters. The summed E-state index contributed by atoms with van der Waals surface area (Å²) >= 11 is 0. The molecule has 0 saturated heterocycles. The molecule has 0 bridgehead atoms. The minimum Gasteiger partial charge on any atom is -0.0620 e. The van der Waals surface area contributed by atoms with Gasteiger partial charge in [-0.3, -0.25) is 0 Å². The van der Waals surface area contributed by atoms with Gasteiger partial charge in [-0.15, -0.1) is 0 Å². The summed E-state index contributed by atoms with van der Waals surface area (Å²) in [5.41, 5.74) is 2.93. The van der Waals surface area contributed by atoms with E-state index in [1.54, 1.807) is 10.6 Å². The van der Waals surface area contributed by atoms with Gasteiger partial charge in [-0.05, 0) is 52.7 Å². The smallest absolute Gasteiger partial charge is 0.0620 e. The molecular formula is C28H22P+. The highest BCUT2D eigenvalue weighted by molar-refractivity contribution is 7.96. The molecule has 138 valence electrons. The van der Waals surface area contributed by atoms with Crippen LogP contribution in [0.5, 0.6) is 0 Å². The van der Waals surface area contributed by atoms with Crippen LogP contribution >= 0.6 is 7.26 Å². The van der Waals surface area contributed by atoms with Crippen molar-refractivity contribution < 1.29 is 0 Å². The van der Waals surface area contributed by atoms with E-state index in [0.717, 1.165) is 6.16 Å². The molecule has 29 heavy (non-hydrogen) atoms. The lowest BCUT2D eigenvalue weighted by Gasteiger charge is -2.23. The van der Waals surface area contributed by atoms with E-state index in [-0.39, 0.29) is 0 Å². The third kappa shape index (κ3) is 2.18. The number of benzene rings is 5. The average Bonchev–Trinajstić information content (AvgIpc) is 3.11. The highest BCUT2D eigenvalue weighted by atomic mass is 31.2. The zero-order valence-corrected chi connectivity index (χ0v) is 17.4. The fraction of sp³-hybridized carbons (Fsp3) is 0.0714. The molecule has 0 radical (unpaired) electrons. The van der Waals surface area contributed by atoms with E-state index >= 15 is 0 Å². The number of rotatable bonds is 2. The Bertz CT molecular complexity index is 1300. The fourth-order valence-corrected chi connectivity index (χ4v) is 9.72. The van der Waals surface area contributed by atoms with E-state index in [1.807, 2.05) is 0 Å². The standard InChI is InChI=1S/C28H22P/c1-2-29(22-12-4-3-5-13-22)25-18-16-20-10-6-8-14-23(20)27(25)28-24-15-9-7-11-21(24)17-19-26(28)29/h3-19H,2H2,1H3/q+1. The van der Waals surface area contributed by atoms with E-state index in [0.29, 0.717) is 0 Å². The van der Waals surface area contributed by atoms with Crippen LogP contribution in [0.15, 0.2) is 103 Å². The predicted octanol–water partition coefficient (Wildman–Crippen LogP) is 6.29. The minimum atomic E-state index is -1.67. The van der Waals surface area contributed by atoms with Gasteiger partial charge in [-0.25, -0.2) is 0 Å². The molecule has 0 nitrogen and oxygen atoms in total. The van der Waals surface area contributed by atoms with E-state index in [1.165, 1.54) is 38.0 Å². The third-order valence-corrected chi connectivity index (χ3v) is 11.1. The maximum absolute atomic E-state index is 2.43. The summed E-state index contributed by atoms with van der Waals surface area (Å²) in [4.78, 5) is 0. The van der Waals surface area contributed by atoms with E-state index in [2.05, 4.69) is 110 Å². The van der Waals surface area contributed by atoms with Crippen molar-refractivity contribution in [3.63, 3.8) is 0 Å². The van der Waals surface area contributed by atoms with Crippen molar-refractivity contribution in [3.05, 3.63) is 103 Å². The minimum absolute atomic E-state index is 1.15. The molecule has 5 aromatic rings. The van der Waals surface area contributed by atoms with E-state index in [9.17, 15) is 0 Å². The Morgan fingerprint density at radius 3 is 1.52 bits per heavy atom. The van der Waals surface area contributed by atoms with Crippen LogP contribution in [0.4, 0.5) is 0 Å². The van der Waals surface area contributed by atoms with Crippen LogP contribution in [0.25, 0.3) is 32.7 Å². The molecule has 1 heteroatoms. The van der Waals surface area contributed by atoms with Gasteiger partial charge in [0.2, 0.25) is 0 Å². The second kappa shape index (κ2) is 6.28. The summed E-state index contributed by atoms with van der Waals surface area (Å²) in [5, 5.41) is 10.0. The molecule has 0 spiro atoms. The first kappa shape index (κ1) is 17.0. The average molecular weight is 389 g/mol. The van der Waals surface area contributed by atoms with Crippen molar-refractivity contribution in [2.45, 2.75) is 6.92 Å². The van der Waals surface area contributed by atoms with Crippen molar-refractivity contribution >= 4 is 44.7 Å². The van der Waals surface area contributed by atoms with Crippen LogP contribution in [0, 0.1) is 0 Å². The maximum atomic E-state index is 2.43. The summed E-state index contributed by atoms with van der Waals surface area (Å²) in [5.74, 6) is 0. The Morgan fingerprint density at radius 1 is 0.517 bits per heavy atom. The second-order valence-electron chi connectivity index (χ2n) is 7.82. The Morgan fingerprint density at radius 2 is 1.00 bits per heavy atom. The van der Waals surface area contributed by atoms with Crippen LogP contribution in [0.1, 0.15) is 6.92 Å². The highest BCUT2D eigenvalue weighted by Crippen LogP contribution is 2.63. The molecule has 0 saturated carbocycles. The quantitative estimate of drug-likeness (QED) is 0.311. The van der Waals surface area contributed by atoms with Crippen LogP contribution in [0.3, 0.4) is 0 Å². The van der Waals surface area contributed by atoms with Crippen LogP contribution in [-0.4, -0.2) is 6.16 Å². The van der Waals surface area contributed by atoms with Gasteiger partial charge in [0.05, 0.1) is 6.16 Å². The van der Waals surface area contributed by atoms with Gasteiger partial charge in [0.1, 0.15) is 23.2 Å². The molecule has 1 aliphatic rings. The van der Waals surface area contributed by atoms with Crippen LogP contribution < -0.4 is 15.9 Å². The number of fused-ring (bicyclic) bond motifs is 7. The van der Waals surface area contributed by atoms with Gasteiger partial charge in [0.15, 0.2) is 0 Å². The summed E-state index contributed by atoms with van der Waals surface area (Å²) in [6.07, 6.45) is 1.15. The molecule has 0 N–H and O–H groups in total. The molecular weight excluding hydrogens is 367 g/mol. The summed E-state index contributed by atoms with van der Waals surface area (Å²) in [7, 11) is -1.67. The highest BCUT2D eigenvalue weighted by Gasteiger charge is 2.52. The van der Waals surface area contributed by atoms with Crippen molar-refractivity contribution in [1.29, 1.82) is 0 Å². The molecule has 0 aliphatic carbocycles. The number of hydrogen-bond acceptors (Lipinski definition) is 0. The summed E-state index contributed by atoms with van der Waals surface area (Å²) in [6, 6.07) is 38.5. The second-order valence-corrected chi connectivity index (χ2v) is 11.6. The molecule has 1 heterocycles. The van der Waals surface area contributed by atoms with Crippen LogP contribution in [-0.2, 0) is 0 Å². The van der Waals surface area contributed by atoms with Crippen molar-refractivity contribution in [2.75, 3.05) is 6.16 Å². The molecule has 0 amide bonds. The normalized spacial score (nSPS) is 14.1. The lowest BCUT2D eigenvalue weighted by atomic mass is 9.94. The van der Waals surface area contributed by atoms with Crippen molar-refractivity contribution in [2.24, 2.45) is 0 Å². The monoisotopic (exact) mass is 389 g/mol. The van der Waals surface area contributed by atoms with Crippen LogP contribution in [0.2, 0.25) is 0 Å². The van der Waals surface area contributed by atoms with Gasteiger partial charge < -0.3 is 0 Å². The first-order valence-electron chi connectivity index (χ1n) is 10.3. The Hall–Kier alpha value is -2.95. The first-order valence-corrected chi connectivity index (χ1v) is 12.3. The largest absolute Gasteiger partial charge is 0.113 e. The number of hydrogen-bond donors (Lipinski definition) is 0. The molecule has 0 fully saturated rings. The van der Waals surface area contributed by atoms with Gasteiger partial charge in [-0.1, -0.05) is 78.9 Å². The fourth-order valence-electron chi connectivity index (χ4n) is 5.30. The Balaban J connectivity index is 1.87. The molecule has 1 aliphatic heterocycles. The lowest BCUT2D eigenvalue weighted by Crippen LogP contribution is -2.29. The molecule has 0 atom stereocenters. The van der Waals surface area contributed by atoms with Gasteiger partial charge in [-0.2, -0.15) is 0 Å². The molecule has 0 aromatic heterocycles. The lowest BCUT2D eigenvalue weighted by molar-refractivity contribution is 1.49. The summed E-state index contributed by atoms with van der Waals surface area (Å²) in [6.45, 7) is 2.38. The van der Waals surface area contributed by atoms with Gasteiger partial charge in [0, 0.05) is 11.1 Å². The van der Waals surface area contributed by atoms with Crippen molar-refractivity contribution in [3.8, 4) is 11.1 Å². The zero-order valence-electron chi connectivity index (χ0n) is 16.5. The zero-order chi connectivity index (χ0) is 19.4. The SMILES string of the molecule is CC[P+]1(c2ccccc2)c2ccc3ccccc3c2-c2c1ccc1ccccc21. The summed E-state index contributed by atoms with van der Waals surface area (Å²) < 4.78 is 0. The Labute approximate surface area is 172 Å². The molecule has 6 rings (SSSR count). The van der Waals surface area contributed by atoms with Crippen molar-refractivity contribution in [1.82, 2.24) is 0 Å². The van der Waals surface area contributed by atoms with Gasteiger partial charge >= 0.3 is 0 Å². The Kier molecular flexibility index (Phi) is 3.67. The van der Waals surface area contributed by atoms with E-state index < -0.39 is 7.26 Å². The first-order chi connectivity index (χ1) is 14.3. The third-order valence-electron chi connectivity index (χ3n) is 6.56. The maximum Gasteiger partial charge on any atom is 0.113 e.